The van der Waals surface area contributed by atoms with Gasteiger partial charge in [0.25, 0.3) is 0 Å². The molecule has 0 aromatic carbocycles. The third kappa shape index (κ3) is 4.73. The van der Waals surface area contributed by atoms with Crippen LogP contribution in [0.15, 0.2) is 10.9 Å². The van der Waals surface area contributed by atoms with Gasteiger partial charge in [0.05, 0.1) is 11.2 Å². The highest BCUT2D eigenvalue weighted by atomic mass is 32.1. The Balaban J connectivity index is 2.38. The Labute approximate surface area is 96.5 Å². The molecule has 0 aliphatic rings. The third-order valence-corrected chi connectivity index (χ3v) is 3.03. The largest absolute Gasteiger partial charge is 0.308 e. The van der Waals surface area contributed by atoms with Gasteiger partial charge < -0.3 is 10.2 Å². The molecule has 0 saturated heterocycles. The highest BCUT2D eigenvalue weighted by molar-refractivity contribution is 7.07. The fourth-order valence-corrected chi connectivity index (χ4v) is 2.02. The molecule has 1 aromatic rings. The Morgan fingerprint density at radius 3 is 2.67 bits per heavy atom. The molecular formula is C11H21N3S. The number of likely N-dealkylation sites (N-methyl/N-ethyl adjacent to an activating group) is 1. The van der Waals surface area contributed by atoms with E-state index in [1.165, 1.54) is 0 Å². The zero-order valence-corrected chi connectivity index (χ0v) is 10.8. The lowest BCUT2D eigenvalue weighted by atomic mass is 10.0. The van der Waals surface area contributed by atoms with E-state index in [0.29, 0.717) is 12.0 Å². The summed E-state index contributed by atoms with van der Waals surface area (Å²) in [6.45, 7) is 6.45. The van der Waals surface area contributed by atoms with Gasteiger partial charge in [-0.3, -0.25) is 0 Å². The number of thiazole rings is 1. The number of hydrogen-bond donors (Lipinski definition) is 1. The van der Waals surface area contributed by atoms with Crippen molar-refractivity contribution in [3.05, 3.63) is 16.6 Å². The van der Waals surface area contributed by atoms with Crippen LogP contribution in [0.1, 0.15) is 19.5 Å². The molecule has 1 aromatic heterocycles. The first-order chi connectivity index (χ1) is 7.09. The zero-order valence-electron chi connectivity index (χ0n) is 10.0. The summed E-state index contributed by atoms with van der Waals surface area (Å²) in [5.74, 6) is 0.644. The molecule has 0 amide bonds. The average Bonchev–Trinajstić information content (AvgIpc) is 2.63. The molecule has 1 heterocycles. The Bertz CT molecular complexity index is 257. The Kier molecular flexibility index (Phi) is 5.22. The van der Waals surface area contributed by atoms with Crippen molar-refractivity contribution in [1.82, 2.24) is 15.2 Å². The van der Waals surface area contributed by atoms with Crippen LogP contribution < -0.4 is 5.32 Å². The first-order valence-corrected chi connectivity index (χ1v) is 6.29. The maximum absolute atomic E-state index is 4.27. The normalized spacial score (nSPS) is 13.7. The highest BCUT2D eigenvalue weighted by Crippen LogP contribution is 2.05. The van der Waals surface area contributed by atoms with E-state index in [2.05, 4.69) is 48.5 Å². The molecule has 1 atom stereocenters. The molecule has 0 spiro atoms. The minimum Gasteiger partial charge on any atom is -0.308 e. The molecule has 0 aliphatic carbocycles. The first-order valence-electron chi connectivity index (χ1n) is 5.34. The lowest BCUT2D eigenvalue weighted by Crippen LogP contribution is -2.41. The summed E-state index contributed by atoms with van der Waals surface area (Å²) in [6, 6.07) is 0.529. The van der Waals surface area contributed by atoms with Gasteiger partial charge >= 0.3 is 0 Å². The van der Waals surface area contributed by atoms with Crippen molar-refractivity contribution >= 4 is 11.3 Å². The quantitative estimate of drug-likeness (QED) is 0.803. The number of nitrogens with one attached hydrogen (secondary N) is 1. The van der Waals surface area contributed by atoms with E-state index in [1.54, 1.807) is 11.3 Å². The van der Waals surface area contributed by atoms with Crippen molar-refractivity contribution in [3.63, 3.8) is 0 Å². The molecule has 0 bridgehead atoms. The molecule has 0 radical (unpaired) electrons. The number of hydrogen-bond acceptors (Lipinski definition) is 4. The van der Waals surface area contributed by atoms with Gasteiger partial charge in [0.2, 0.25) is 0 Å². The second-order valence-corrected chi connectivity index (χ2v) is 5.19. The predicted molar refractivity (Wildman–Crippen MR) is 66.1 cm³/mol. The van der Waals surface area contributed by atoms with Crippen LogP contribution in [0.3, 0.4) is 0 Å². The maximum atomic E-state index is 4.27. The van der Waals surface area contributed by atoms with Crippen LogP contribution in [-0.4, -0.2) is 36.6 Å². The monoisotopic (exact) mass is 227 g/mol. The van der Waals surface area contributed by atoms with Gasteiger partial charge in [-0.25, -0.2) is 4.98 Å². The van der Waals surface area contributed by atoms with Crippen molar-refractivity contribution in [2.45, 2.75) is 26.4 Å². The van der Waals surface area contributed by atoms with E-state index in [1.807, 2.05) is 5.51 Å². The molecule has 15 heavy (non-hydrogen) atoms. The topological polar surface area (TPSA) is 28.2 Å². The van der Waals surface area contributed by atoms with Gasteiger partial charge in [-0.2, -0.15) is 0 Å². The fraction of sp³-hybridized carbons (Fsp3) is 0.727. The second kappa shape index (κ2) is 6.20. The summed E-state index contributed by atoms with van der Waals surface area (Å²) in [5, 5.41) is 5.65. The van der Waals surface area contributed by atoms with Crippen molar-refractivity contribution < 1.29 is 0 Å². The van der Waals surface area contributed by atoms with Crippen LogP contribution in [-0.2, 0) is 6.54 Å². The van der Waals surface area contributed by atoms with E-state index >= 15 is 0 Å². The van der Waals surface area contributed by atoms with E-state index in [9.17, 15) is 0 Å². The molecular weight excluding hydrogens is 206 g/mol. The summed E-state index contributed by atoms with van der Waals surface area (Å²) in [4.78, 5) is 6.49. The molecule has 0 fully saturated rings. The summed E-state index contributed by atoms with van der Waals surface area (Å²) in [7, 11) is 4.22. The van der Waals surface area contributed by atoms with E-state index < -0.39 is 0 Å². The molecule has 0 saturated carbocycles. The van der Waals surface area contributed by atoms with E-state index in [4.69, 9.17) is 0 Å². The molecule has 0 aliphatic heterocycles. The maximum Gasteiger partial charge on any atom is 0.0795 e. The minimum absolute atomic E-state index is 0.529. The second-order valence-electron chi connectivity index (χ2n) is 4.47. The predicted octanol–water partition coefficient (Wildman–Crippen LogP) is 1.82. The zero-order chi connectivity index (χ0) is 11.3. The van der Waals surface area contributed by atoms with E-state index in [-0.39, 0.29) is 0 Å². The summed E-state index contributed by atoms with van der Waals surface area (Å²) < 4.78 is 0. The van der Waals surface area contributed by atoms with Gasteiger partial charge in [-0.05, 0) is 20.0 Å². The Morgan fingerprint density at radius 1 is 1.47 bits per heavy atom. The van der Waals surface area contributed by atoms with Crippen molar-refractivity contribution in [3.8, 4) is 0 Å². The van der Waals surface area contributed by atoms with Crippen LogP contribution in [0, 0.1) is 5.92 Å². The van der Waals surface area contributed by atoms with Gasteiger partial charge in [0, 0.05) is 24.5 Å². The number of nitrogens with zero attached hydrogens (tertiary/aromatic N) is 2. The number of rotatable bonds is 6. The average molecular weight is 227 g/mol. The number of aromatic nitrogens is 1. The van der Waals surface area contributed by atoms with Crippen molar-refractivity contribution in [1.29, 1.82) is 0 Å². The van der Waals surface area contributed by atoms with Crippen molar-refractivity contribution in [2.24, 2.45) is 5.92 Å². The SMILES string of the molecule is CC(C)C(CN(C)C)NCc1cscn1. The van der Waals surface area contributed by atoms with Crippen LogP contribution in [0.2, 0.25) is 0 Å². The van der Waals surface area contributed by atoms with Crippen LogP contribution in [0.5, 0.6) is 0 Å². The Hall–Kier alpha value is -0.450. The van der Waals surface area contributed by atoms with E-state index in [0.717, 1.165) is 18.8 Å². The first kappa shape index (κ1) is 12.6. The van der Waals surface area contributed by atoms with Gasteiger partial charge in [0.15, 0.2) is 0 Å². The molecule has 86 valence electrons. The summed E-state index contributed by atoms with van der Waals surface area (Å²) in [5.41, 5.74) is 3.03. The third-order valence-electron chi connectivity index (χ3n) is 2.40. The van der Waals surface area contributed by atoms with Gasteiger partial charge in [-0.1, -0.05) is 13.8 Å². The highest BCUT2D eigenvalue weighted by Gasteiger charge is 2.13. The smallest absolute Gasteiger partial charge is 0.0795 e. The minimum atomic E-state index is 0.529. The molecule has 3 nitrogen and oxygen atoms in total. The Morgan fingerprint density at radius 2 is 2.20 bits per heavy atom. The fourth-order valence-electron chi connectivity index (χ4n) is 1.46. The molecule has 1 rings (SSSR count). The summed E-state index contributed by atoms with van der Waals surface area (Å²) >= 11 is 1.65. The summed E-state index contributed by atoms with van der Waals surface area (Å²) in [6.07, 6.45) is 0. The lowest BCUT2D eigenvalue weighted by molar-refractivity contribution is 0.287. The van der Waals surface area contributed by atoms with Gasteiger partial charge in [0.1, 0.15) is 0 Å². The van der Waals surface area contributed by atoms with Crippen LogP contribution >= 0.6 is 11.3 Å². The molecule has 4 heteroatoms. The van der Waals surface area contributed by atoms with Crippen LogP contribution in [0.4, 0.5) is 0 Å². The van der Waals surface area contributed by atoms with Crippen molar-refractivity contribution in [2.75, 3.05) is 20.6 Å². The molecule has 1 N–H and O–H groups in total. The molecule has 1 unspecified atom stereocenters. The van der Waals surface area contributed by atoms with Crippen LogP contribution in [0.25, 0.3) is 0 Å². The lowest BCUT2D eigenvalue weighted by Gasteiger charge is -2.25. The standard InChI is InChI=1S/C11H21N3S/c1-9(2)11(6-14(3)4)12-5-10-7-15-8-13-10/h7-9,11-12H,5-6H2,1-4H3. The van der Waals surface area contributed by atoms with Gasteiger partial charge in [-0.15, -0.1) is 11.3 Å².